The molecule has 3 aromatic rings. The summed E-state index contributed by atoms with van der Waals surface area (Å²) in [6.45, 7) is 3.16. The first-order valence-corrected chi connectivity index (χ1v) is 11.7. The van der Waals surface area contributed by atoms with Gasteiger partial charge in [0.25, 0.3) is 0 Å². The highest BCUT2D eigenvalue weighted by Crippen LogP contribution is 2.26. The first-order chi connectivity index (χ1) is 16.1. The van der Waals surface area contributed by atoms with Crippen molar-refractivity contribution in [3.63, 3.8) is 0 Å². The van der Waals surface area contributed by atoms with Crippen molar-refractivity contribution in [2.24, 2.45) is 5.92 Å². The third kappa shape index (κ3) is 6.56. The van der Waals surface area contributed by atoms with Crippen LogP contribution in [-0.4, -0.2) is 37.0 Å². The Morgan fingerprint density at radius 3 is 2.42 bits per heavy atom. The third-order valence-corrected chi connectivity index (χ3v) is 6.30. The standard InChI is InChI=1S/C27H28ClFN2O2/c28-23-11-9-20(10-12-23)26(22-5-4-6-24(29)19-22)30-27(32)21-13-15-31(16-14-21)17-18-33-25-7-2-1-3-8-25/h1-12,19,21,26H,13-18H2,(H,30,32)/t26-/m0/s1. The van der Waals surface area contributed by atoms with Gasteiger partial charge in [0.2, 0.25) is 5.91 Å². The van der Waals surface area contributed by atoms with Gasteiger partial charge in [-0.05, 0) is 73.5 Å². The Bertz CT molecular complexity index is 1040. The van der Waals surface area contributed by atoms with Crippen molar-refractivity contribution in [2.75, 3.05) is 26.2 Å². The van der Waals surface area contributed by atoms with E-state index in [0.717, 1.165) is 43.8 Å². The number of halogens is 2. The first-order valence-electron chi connectivity index (χ1n) is 11.3. The van der Waals surface area contributed by atoms with Gasteiger partial charge in [-0.25, -0.2) is 4.39 Å². The molecule has 0 radical (unpaired) electrons. The molecule has 172 valence electrons. The molecule has 0 aliphatic carbocycles. The van der Waals surface area contributed by atoms with E-state index in [1.165, 1.54) is 12.1 Å². The first kappa shape index (κ1) is 23.3. The van der Waals surface area contributed by atoms with Crippen molar-refractivity contribution in [1.29, 1.82) is 0 Å². The summed E-state index contributed by atoms with van der Waals surface area (Å²) < 4.78 is 19.7. The predicted octanol–water partition coefficient (Wildman–Crippen LogP) is 5.48. The number of likely N-dealkylation sites (tertiary alicyclic amines) is 1. The molecule has 33 heavy (non-hydrogen) atoms. The van der Waals surface area contributed by atoms with Crippen LogP contribution in [0.1, 0.15) is 30.0 Å². The van der Waals surface area contributed by atoms with Crippen LogP contribution in [0.3, 0.4) is 0 Å². The van der Waals surface area contributed by atoms with Gasteiger partial charge in [-0.3, -0.25) is 9.69 Å². The summed E-state index contributed by atoms with van der Waals surface area (Å²) in [7, 11) is 0. The number of hydrogen-bond acceptors (Lipinski definition) is 3. The zero-order valence-electron chi connectivity index (χ0n) is 18.4. The highest BCUT2D eigenvalue weighted by molar-refractivity contribution is 6.30. The third-order valence-electron chi connectivity index (χ3n) is 6.05. The molecule has 0 saturated carbocycles. The van der Waals surface area contributed by atoms with Crippen molar-refractivity contribution < 1.29 is 13.9 Å². The van der Waals surface area contributed by atoms with Crippen molar-refractivity contribution in [3.8, 4) is 5.75 Å². The van der Waals surface area contributed by atoms with E-state index in [1.54, 1.807) is 18.2 Å². The Morgan fingerprint density at radius 1 is 1.00 bits per heavy atom. The van der Waals surface area contributed by atoms with Crippen LogP contribution in [-0.2, 0) is 4.79 Å². The second kappa shape index (κ2) is 11.3. The number of amides is 1. The molecule has 0 aromatic heterocycles. The lowest BCUT2D eigenvalue weighted by Crippen LogP contribution is -2.42. The average molecular weight is 467 g/mol. The van der Waals surface area contributed by atoms with Gasteiger partial charge in [0.1, 0.15) is 18.2 Å². The van der Waals surface area contributed by atoms with E-state index in [1.807, 2.05) is 48.5 Å². The fourth-order valence-corrected chi connectivity index (χ4v) is 4.31. The molecule has 0 bridgehead atoms. The maximum absolute atomic E-state index is 13.9. The summed E-state index contributed by atoms with van der Waals surface area (Å²) in [6, 6.07) is 23.0. The Balaban J connectivity index is 1.33. The van der Waals surface area contributed by atoms with Crippen LogP contribution in [0.15, 0.2) is 78.9 Å². The molecule has 1 aliphatic rings. The number of nitrogens with zero attached hydrogens (tertiary/aromatic N) is 1. The molecular formula is C27H28ClFN2O2. The minimum atomic E-state index is -0.428. The summed E-state index contributed by atoms with van der Waals surface area (Å²) in [6.07, 6.45) is 1.57. The molecule has 1 heterocycles. The second-order valence-corrected chi connectivity index (χ2v) is 8.76. The Morgan fingerprint density at radius 2 is 1.73 bits per heavy atom. The Hall–Kier alpha value is -2.89. The summed E-state index contributed by atoms with van der Waals surface area (Å²) in [5.74, 6) is 0.475. The quantitative estimate of drug-likeness (QED) is 0.478. The normalized spacial score (nSPS) is 15.7. The monoisotopic (exact) mass is 466 g/mol. The molecule has 1 N–H and O–H groups in total. The van der Waals surface area contributed by atoms with E-state index >= 15 is 0 Å². The maximum Gasteiger partial charge on any atom is 0.223 e. The van der Waals surface area contributed by atoms with E-state index in [4.69, 9.17) is 16.3 Å². The molecule has 0 unspecified atom stereocenters. The maximum atomic E-state index is 13.9. The second-order valence-electron chi connectivity index (χ2n) is 8.33. The van der Waals surface area contributed by atoms with Gasteiger partial charge < -0.3 is 10.1 Å². The lowest BCUT2D eigenvalue weighted by Gasteiger charge is -2.32. The smallest absolute Gasteiger partial charge is 0.223 e. The van der Waals surface area contributed by atoms with Crippen LogP contribution in [0.25, 0.3) is 0 Å². The molecule has 1 aliphatic heterocycles. The predicted molar refractivity (Wildman–Crippen MR) is 129 cm³/mol. The van der Waals surface area contributed by atoms with Crippen LogP contribution in [0.5, 0.6) is 5.75 Å². The van der Waals surface area contributed by atoms with Crippen LogP contribution in [0.4, 0.5) is 4.39 Å². The minimum absolute atomic E-state index is 0.000559. The van der Waals surface area contributed by atoms with Crippen LogP contribution in [0, 0.1) is 11.7 Å². The largest absolute Gasteiger partial charge is 0.492 e. The molecule has 1 amide bonds. The summed E-state index contributed by atoms with van der Waals surface area (Å²) in [5.41, 5.74) is 1.58. The SMILES string of the molecule is O=C(N[C@@H](c1ccc(Cl)cc1)c1cccc(F)c1)C1CCN(CCOc2ccccc2)CC1. The number of ether oxygens (including phenoxy) is 1. The zero-order valence-corrected chi connectivity index (χ0v) is 19.2. The van der Waals surface area contributed by atoms with Crippen molar-refractivity contribution in [2.45, 2.75) is 18.9 Å². The van der Waals surface area contributed by atoms with E-state index in [-0.39, 0.29) is 17.6 Å². The summed E-state index contributed by atoms with van der Waals surface area (Å²) in [4.78, 5) is 15.5. The van der Waals surface area contributed by atoms with Gasteiger partial charge in [0.15, 0.2) is 0 Å². The number of para-hydroxylation sites is 1. The summed E-state index contributed by atoms with van der Waals surface area (Å²) >= 11 is 6.04. The van der Waals surface area contributed by atoms with Crippen LogP contribution < -0.4 is 10.1 Å². The number of carbonyl (C=O) groups is 1. The molecular weight excluding hydrogens is 439 g/mol. The van der Waals surface area contributed by atoms with Gasteiger partial charge in [-0.15, -0.1) is 0 Å². The van der Waals surface area contributed by atoms with Crippen LogP contribution >= 0.6 is 11.6 Å². The number of nitrogens with one attached hydrogen (secondary N) is 1. The number of rotatable bonds is 8. The molecule has 1 atom stereocenters. The fraction of sp³-hybridized carbons (Fsp3) is 0.296. The molecule has 6 heteroatoms. The zero-order chi connectivity index (χ0) is 23.0. The van der Waals surface area contributed by atoms with Crippen molar-refractivity contribution >= 4 is 17.5 Å². The molecule has 3 aromatic carbocycles. The van der Waals surface area contributed by atoms with E-state index in [0.29, 0.717) is 17.2 Å². The van der Waals surface area contributed by atoms with Crippen molar-refractivity contribution in [1.82, 2.24) is 10.2 Å². The number of piperidine rings is 1. The van der Waals surface area contributed by atoms with Crippen LogP contribution in [0.2, 0.25) is 5.02 Å². The summed E-state index contributed by atoms with van der Waals surface area (Å²) in [5, 5.41) is 3.77. The number of carbonyl (C=O) groups excluding carboxylic acids is 1. The Kier molecular flexibility index (Phi) is 7.97. The van der Waals surface area contributed by atoms with Gasteiger partial charge >= 0.3 is 0 Å². The van der Waals surface area contributed by atoms with E-state index in [9.17, 15) is 9.18 Å². The molecule has 1 saturated heterocycles. The highest BCUT2D eigenvalue weighted by atomic mass is 35.5. The molecule has 0 spiro atoms. The van der Waals surface area contributed by atoms with E-state index in [2.05, 4.69) is 10.2 Å². The van der Waals surface area contributed by atoms with E-state index < -0.39 is 6.04 Å². The molecule has 4 nitrogen and oxygen atoms in total. The number of hydrogen-bond donors (Lipinski definition) is 1. The lowest BCUT2D eigenvalue weighted by molar-refractivity contribution is -0.127. The average Bonchev–Trinajstić information content (AvgIpc) is 2.84. The minimum Gasteiger partial charge on any atom is -0.492 e. The lowest BCUT2D eigenvalue weighted by atomic mass is 9.93. The van der Waals surface area contributed by atoms with Gasteiger partial charge in [-0.2, -0.15) is 0 Å². The van der Waals surface area contributed by atoms with Gasteiger partial charge in [0, 0.05) is 17.5 Å². The molecule has 1 fully saturated rings. The number of benzene rings is 3. The Labute approximate surface area is 199 Å². The fourth-order valence-electron chi connectivity index (χ4n) is 4.19. The van der Waals surface area contributed by atoms with Gasteiger partial charge in [-0.1, -0.05) is 54.1 Å². The topological polar surface area (TPSA) is 41.6 Å². The highest BCUT2D eigenvalue weighted by Gasteiger charge is 2.27. The van der Waals surface area contributed by atoms with Crippen molar-refractivity contribution in [3.05, 3.63) is 101 Å². The van der Waals surface area contributed by atoms with Gasteiger partial charge in [0.05, 0.1) is 6.04 Å². The molecule has 4 rings (SSSR count).